The van der Waals surface area contributed by atoms with Crippen molar-refractivity contribution in [2.75, 3.05) is 18.0 Å². The highest BCUT2D eigenvalue weighted by molar-refractivity contribution is 7.89. The molecule has 0 bridgehead atoms. The highest BCUT2D eigenvalue weighted by atomic mass is 32.2. The molecule has 1 aliphatic carbocycles. The van der Waals surface area contributed by atoms with Crippen molar-refractivity contribution in [3.05, 3.63) is 18.3 Å². The maximum Gasteiger partial charge on any atom is 0.239 e. The van der Waals surface area contributed by atoms with E-state index in [1.165, 1.54) is 12.3 Å². The maximum absolute atomic E-state index is 11.1. The van der Waals surface area contributed by atoms with E-state index in [9.17, 15) is 8.42 Å². The lowest BCUT2D eigenvalue weighted by atomic mass is 10.3. The summed E-state index contributed by atoms with van der Waals surface area (Å²) in [5, 5.41) is 5.04. The molecule has 6 nitrogen and oxygen atoms in total. The van der Waals surface area contributed by atoms with Crippen molar-refractivity contribution in [2.45, 2.75) is 30.2 Å². The number of primary sulfonamides is 1. The Labute approximate surface area is 107 Å². The van der Waals surface area contributed by atoms with Crippen molar-refractivity contribution in [2.24, 2.45) is 10.9 Å². The molecule has 1 aromatic rings. The number of rotatable bonds is 6. The van der Waals surface area contributed by atoms with Gasteiger partial charge in [0.15, 0.2) is 0 Å². The van der Waals surface area contributed by atoms with E-state index >= 15 is 0 Å². The van der Waals surface area contributed by atoms with Crippen LogP contribution < -0.4 is 15.8 Å². The molecule has 2 rings (SSSR count). The monoisotopic (exact) mass is 270 g/mol. The molecular formula is C11H18N4O2S. The van der Waals surface area contributed by atoms with Gasteiger partial charge in [-0.05, 0) is 37.9 Å². The summed E-state index contributed by atoms with van der Waals surface area (Å²) in [7, 11) is -3.67. The molecule has 100 valence electrons. The summed E-state index contributed by atoms with van der Waals surface area (Å²) in [6.45, 7) is 1.49. The van der Waals surface area contributed by atoms with E-state index in [-0.39, 0.29) is 4.90 Å². The lowest BCUT2D eigenvalue weighted by Gasteiger charge is -2.23. The number of nitrogens with zero attached hydrogens (tertiary/aromatic N) is 2. The first-order chi connectivity index (χ1) is 8.52. The first-order valence-electron chi connectivity index (χ1n) is 5.98. The Bertz CT molecular complexity index is 496. The lowest BCUT2D eigenvalue weighted by Crippen LogP contribution is -2.29. The Morgan fingerprint density at radius 3 is 2.56 bits per heavy atom. The summed E-state index contributed by atoms with van der Waals surface area (Å²) in [4.78, 5) is 6.41. The number of sulfonamides is 1. The standard InChI is InChI=1S/C11H18N4O2S/c12-6-1-7-15(9-2-3-9)11-5-4-10(8-14-11)18(13,16)17/h4-5,8-9H,1-3,6-7,12H2,(H2,13,16,17). The molecule has 1 heterocycles. The highest BCUT2D eigenvalue weighted by Crippen LogP contribution is 2.30. The van der Waals surface area contributed by atoms with Gasteiger partial charge in [0, 0.05) is 18.8 Å². The predicted octanol–water partition coefficient (Wildman–Crippen LogP) is 0.0466. The molecule has 4 N–H and O–H groups in total. The quantitative estimate of drug-likeness (QED) is 0.760. The summed E-state index contributed by atoms with van der Waals surface area (Å²) in [5.74, 6) is 0.790. The Balaban J connectivity index is 2.16. The van der Waals surface area contributed by atoms with Gasteiger partial charge >= 0.3 is 0 Å². The van der Waals surface area contributed by atoms with Gasteiger partial charge in [0.05, 0.1) is 0 Å². The molecule has 18 heavy (non-hydrogen) atoms. The molecule has 0 radical (unpaired) electrons. The van der Waals surface area contributed by atoms with Gasteiger partial charge in [0.25, 0.3) is 0 Å². The van der Waals surface area contributed by atoms with Crippen LogP contribution in [-0.4, -0.2) is 32.5 Å². The van der Waals surface area contributed by atoms with Crippen LogP contribution in [0.1, 0.15) is 19.3 Å². The van der Waals surface area contributed by atoms with Crippen LogP contribution in [0.4, 0.5) is 5.82 Å². The SMILES string of the molecule is NCCCN(c1ccc(S(N)(=O)=O)cn1)C1CC1. The molecule has 0 unspecified atom stereocenters. The Kier molecular flexibility index (Phi) is 3.84. The zero-order chi connectivity index (χ0) is 13.2. The fourth-order valence-electron chi connectivity index (χ4n) is 1.84. The molecule has 1 fully saturated rings. The van der Waals surface area contributed by atoms with Gasteiger partial charge in [0.2, 0.25) is 10.0 Å². The zero-order valence-electron chi connectivity index (χ0n) is 10.1. The third-order valence-corrected chi connectivity index (χ3v) is 3.83. The maximum atomic E-state index is 11.1. The van der Waals surface area contributed by atoms with Gasteiger partial charge in [0.1, 0.15) is 10.7 Å². The summed E-state index contributed by atoms with van der Waals surface area (Å²) in [5.41, 5.74) is 5.51. The molecule has 1 aromatic heterocycles. The van der Waals surface area contributed by atoms with Crippen LogP contribution in [0.5, 0.6) is 0 Å². The van der Waals surface area contributed by atoms with Gasteiger partial charge < -0.3 is 10.6 Å². The average Bonchev–Trinajstić information content (AvgIpc) is 3.13. The van der Waals surface area contributed by atoms with E-state index in [1.54, 1.807) is 6.07 Å². The smallest absolute Gasteiger partial charge is 0.239 e. The van der Waals surface area contributed by atoms with Crippen molar-refractivity contribution in [1.29, 1.82) is 0 Å². The van der Waals surface area contributed by atoms with Crippen LogP contribution in [0.3, 0.4) is 0 Å². The lowest BCUT2D eigenvalue weighted by molar-refractivity contribution is 0.597. The average molecular weight is 270 g/mol. The second-order valence-corrected chi connectivity index (χ2v) is 6.03. The minimum absolute atomic E-state index is 0.0424. The fraction of sp³-hybridized carbons (Fsp3) is 0.545. The van der Waals surface area contributed by atoms with Gasteiger partial charge in [-0.3, -0.25) is 0 Å². The first kappa shape index (κ1) is 13.3. The van der Waals surface area contributed by atoms with Crippen LogP contribution in [0, 0.1) is 0 Å². The van der Waals surface area contributed by atoms with Crippen molar-refractivity contribution >= 4 is 15.8 Å². The predicted molar refractivity (Wildman–Crippen MR) is 69.6 cm³/mol. The van der Waals surface area contributed by atoms with Crippen molar-refractivity contribution in [1.82, 2.24) is 4.98 Å². The van der Waals surface area contributed by atoms with Crippen molar-refractivity contribution in [3.63, 3.8) is 0 Å². The van der Waals surface area contributed by atoms with Crippen LogP contribution in [0.15, 0.2) is 23.2 Å². The first-order valence-corrected chi connectivity index (χ1v) is 7.52. The number of pyridine rings is 1. The third-order valence-electron chi connectivity index (χ3n) is 2.93. The minimum Gasteiger partial charge on any atom is -0.354 e. The van der Waals surface area contributed by atoms with Gasteiger partial charge in [-0.25, -0.2) is 18.5 Å². The van der Waals surface area contributed by atoms with Crippen LogP contribution in [-0.2, 0) is 10.0 Å². The molecule has 0 amide bonds. The summed E-state index contributed by atoms with van der Waals surface area (Å²) < 4.78 is 22.3. The van der Waals surface area contributed by atoms with Crippen molar-refractivity contribution < 1.29 is 8.42 Å². The van der Waals surface area contributed by atoms with E-state index in [4.69, 9.17) is 10.9 Å². The van der Waals surface area contributed by atoms with Crippen LogP contribution >= 0.6 is 0 Å². The minimum atomic E-state index is -3.67. The number of anilines is 1. The number of nitrogens with two attached hydrogens (primary N) is 2. The number of hydrogen-bond donors (Lipinski definition) is 2. The summed E-state index contributed by atoms with van der Waals surface area (Å²) in [6.07, 6.45) is 4.52. The van der Waals surface area contributed by atoms with Gasteiger partial charge in [-0.2, -0.15) is 0 Å². The van der Waals surface area contributed by atoms with Crippen LogP contribution in [0.2, 0.25) is 0 Å². The fourth-order valence-corrected chi connectivity index (χ4v) is 2.30. The number of aromatic nitrogens is 1. The van der Waals surface area contributed by atoms with Crippen molar-refractivity contribution in [3.8, 4) is 0 Å². The van der Waals surface area contributed by atoms with Crippen LogP contribution in [0.25, 0.3) is 0 Å². The van der Waals surface area contributed by atoms with E-state index < -0.39 is 10.0 Å². The van der Waals surface area contributed by atoms with E-state index in [0.29, 0.717) is 12.6 Å². The number of hydrogen-bond acceptors (Lipinski definition) is 5. The molecule has 1 aliphatic rings. The Morgan fingerprint density at radius 1 is 1.39 bits per heavy atom. The normalized spacial score (nSPS) is 15.7. The molecule has 0 atom stereocenters. The molecule has 0 spiro atoms. The van der Waals surface area contributed by atoms with E-state index in [2.05, 4.69) is 9.88 Å². The highest BCUT2D eigenvalue weighted by Gasteiger charge is 2.29. The van der Waals surface area contributed by atoms with E-state index in [0.717, 1.165) is 31.6 Å². The zero-order valence-corrected chi connectivity index (χ0v) is 10.9. The summed E-state index contributed by atoms with van der Waals surface area (Å²) >= 11 is 0. The summed E-state index contributed by atoms with van der Waals surface area (Å²) in [6, 6.07) is 3.72. The van der Waals surface area contributed by atoms with Gasteiger partial charge in [-0.1, -0.05) is 0 Å². The van der Waals surface area contributed by atoms with Gasteiger partial charge in [-0.15, -0.1) is 0 Å². The largest absolute Gasteiger partial charge is 0.354 e. The topological polar surface area (TPSA) is 102 Å². The second-order valence-electron chi connectivity index (χ2n) is 4.46. The molecule has 0 aliphatic heterocycles. The Morgan fingerprint density at radius 2 is 2.11 bits per heavy atom. The molecule has 0 saturated heterocycles. The molecule has 7 heteroatoms. The van der Waals surface area contributed by atoms with E-state index in [1.807, 2.05) is 0 Å². The molecule has 1 saturated carbocycles. The molecule has 0 aromatic carbocycles. The third kappa shape index (κ3) is 3.18. The molecular weight excluding hydrogens is 252 g/mol. The second kappa shape index (κ2) is 5.21. The Hall–Kier alpha value is -1.18.